The van der Waals surface area contributed by atoms with Gasteiger partial charge in [0, 0.05) is 0 Å². The molecule has 0 N–H and O–H groups in total. The molecular formula is C6H15AlCl2OSi. The van der Waals surface area contributed by atoms with Crippen LogP contribution in [0.4, 0.5) is 0 Å². The molecule has 5 heteroatoms. The molecule has 66 valence electrons. The molecule has 0 atom stereocenters. The van der Waals surface area contributed by atoms with Crippen molar-refractivity contribution in [2.45, 2.75) is 38.9 Å². The first-order valence-electron chi connectivity index (χ1n) is 3.62. The number of hydrogen-bond acceptors (Lipinski definition) is 1. The topological polar surface area (TPSA) is 9.23 Å². The van der Waals surface area contributed by atoms with Crippen molar-refractivity contribution in [1.82, 2.24) is 0 Å². The first-order chi connectivity index (χ1) is 4.24. The van der Waals surface area contributed by atoms with E-state index in [0.29, 0.717) is 0 Å². The summed E-state index contributed by atoms with van der Waals surface area (Å²) in [5, 5.41) is 0. The molecule has 0 heterocycles. The van der Waals surface area contributed by atoms with Crippen LogP contribution in [0.25, 0.3) is 0 Å². The fourth-order valence-corrected chi connectivity index (χ4v) is 4.50. The van der Waals surface area contributed by atoms with Crippen LogP contribution in [0, 0.1) is 0 Å². The third-order valence-corrected chi connectivity index (χ3v) is 8.05. The van der Waals surface area contributed by atoms with Crippen LogP contribution in [0.2, 0.25) is 18.1 Å². The van der Waals surface area contributed by atoms with Gasteiger partial charge in [0.25, 0.3) is 0 Å². The molecule has 1 nitrogen and oxygen atoms in total. The fraction of sp³-hybridized carbons (Fsp3) is 1.00. The van der Waals surface area contributed by atoms with Gasteiger partial charge in [-0.1, -0.05) is 0 Å². The maximum atomic E-state index is 5.44. The Morgan fingerprint density at radius 3 is 1.27 bits per heavy atom. The molecule has 0 aromatic heterocycles. The van der Waals surface area contributed by atoms with Crippen LogP contribution >= 0.6 is 0 Å². The van der Waals surface area contributed by atoms with Crippen LogP contribution in [-0.2, 0) is 3.48 Å². The van der Waals surface area contributed by atoms with Crippen molar-refractivity contribution in [1.29, 1.82) is 0 Å². The van der Waals surface area contributed by atoms with Crippen LogP contribution < -0.4 is 24.8 Å². The monoisotopic (exact) mass is 228 g/mol. The molecule has 0 bridgehead atoms. The molecule has 0 fully saturated rings. The summed E-state index contributed by atoms with van der Waals surface area (Å²) in [4.78, 5) is 0. The SMILES string of the molecule is CC[Si](CC)(CC)[O][Al+2].[Cl-].[Cl-]. The first-order valence-corrected chi connectivity index (χ1v) is 6.62. The molecule has 0 aliphatic heterocycles. The predicted molar refractivity (Wildman–Crippen MR) is 44.0 cm³/mol. The van der Waals surface area contributed by atoms with Gasteiger partial charge in [0.15, 0.2) is 0 Å². The summed E-state index contributed by atoms with van der Waals surface area (Å²) in [6.45, 7) is 6.68. The van der Waals surface area contributed by atoms with Gasteiger partial charge >= 0.3 is 67.3 Å². The minimum atomic E-state index is -1.23. The van der Waals surface area contributed by atoms with E-state index in [1.807, 2.05) is 0 Å². The van der Waals surface area contributed by atoms with E-state index in [1.54, 1.807) is 0 Å². The molecule has 0 spiro atoms. The van der Waals surface area contributed by atoms with Gasteiger partial charge in [-0.25, -0.2) is 0 Å². The zero-order chi connectivity index (χ0) is 7.33. The maximum Gasteiger partial charge on any atom is -1.00 e. The van der Waals surface area contributed by atoms with Crippen LogP contribution in [0.3, 0.4) is 0 Å². The smallest absolute Gasteiger partial charge is 1.00 e. The Kier molecular flexibility index (Phi) is 15.5. The average molecular weight is 229 g/mol. The average Bonchev–Trinajstić information content (AvgIpc) is 1.95. The van der Waals surface area contributed by atoms with Gasteiger partial charge in [0.1, 0.15) is 0 Å². The molecular weight excluding hydrogens is 214 g/mol. The molecule has 0 aliphatic rings. The second-order valence-electron chi connectivity index (χ2n) is 2.36. The molecule has 11 heavy (non-hydrogen) atoms. The molecule has 0 radical (unpaired) electrons. The number of rotatable bonds is 4. The molecule has 0 unspecified atom stereocenters. The van der Waals surface area contributed by atoms with Gasteiger partial charge in [-0.15, -0.1) is 0 Å². The van der Waals surface area contributed by atoms with Gasteiger partial charge in [-0.2, -0.15) is 0 Å². The van der Waals surface area contributed by atoms with E-state index in [4.69, 9.17) is 3.48 Å². The molecule has 0 aliphatic carbocycles. The summed E-state index contributed by atoms with van der Waals surface area (Å²) < 4.78 is 5.44. The Morgan fingerprint density at radius 2 is 1.27 bits per heavy atom. The summed E-state index contributed by atoms with van der Waals surface area (Å²) in [6, 6.07) is 3.72. The third kappa shape index (κ3) is 5.52. The van der Waals surface area contributed by atoms with Crippen molar-refractivity contribution < 1.29 is 28.3 Å². The van der Waals surface area contributed by atoms with Crippen LogP contribution in [0.5, 0.6) is 0 Å². The zero-order valence-electron chi connectivity index (χ0n) is 7.36. The maximum absolute atomic E-state index is 5.44. The van der Waals surface area contributed by atoms with Crippen molar-refractivity contribution in [3.63, 3.8) is 0 Å². The van der Waals surface area contributed by atoms with Gasteiger partial charge in [0.2, 0.25) is 0 Å². The minimum Gasteiger partial charge on any atom is -1.00 e. The molecule has 0 aromatic carbocycles. The molecule has 0 aromatic rings. The molecule has 0 saturated heterocycles. The summed E-state index contributed by atoms with van der Waals surface area (Å²) in [5.41, 5.74) is 0. The van der Waals surface area contributed by atoms with E-state index in [9.17, 15) is 0 Å². The quantitative estimate of drug-likeness (QED) is 0.448. The largest absolute Gasteiger partial charge is 1.00 e. The molecule has 0 amide bonds. The second-order valence-corrected chi connectivity index (χ2v) is 7.79. The van der Waals surface area contributed by atoms with Crippen molar-refractivity contribution in [3.8, 4) is 0 Å². The summed E-state index contributed by atoms with van der Waals surface area (Å²) in [5.74, 6) is 0. The van der Waals surface area contributed by atoms with E-state index >= 15 is 0 Å². The van der Waals surface area contributed by atoms with Crippen molar-refractivity contribution in [3.05, 3.63) is 0 Å². The third-order valence-electron chi connectivity index (χ3n) is 2.18. The standard InChI is InChI=1S/C6H15OSi.Al.2ClH/c1-4-8(7,5-2)6-3;;;/h4-6H2,1-3H3;;2*1H/q-1;+3;;/p-2. The van der Waals surface area contributed by atoms with E-state index in [1.165, 1.54) is 18.1 Å². The van der Waals surface area contributed by atoms with Crippen molar-refractivity contribution in [2.75, 3.05) is 0 Å². The van der Waals surface area contributed by atoms with Crippen LogP contribution in [0.1, 0.15) is 20.8 Å². The van der Waals surface area contributed by atoms with E-state index in [-0.39, 0.29) is 24.8 Å². The minimum absolute atomic E-state index is 0. The van der Waals surface area contributed by atoms with Gasteiger partial charge < -0.3 is 24.8 Å². The van der Waals surface area contributed by atoms with Gasteiger partial charge in [-0.3, -0.25) is 0 Å². The zero-order valence-corrected chi connectivity index (χ0v) is 11.0. The normalized spacial score (nSPS) is 9.91. The van der Waals surface area contributed by atoms with Crippen molar-refractivity contribution in [2.24, 2.45) is 0 Å². The summed E-state index contributed by atoms with van der Waals surface area (Å²) in [7, 11) is -1.23. The van der Waals surface area contributed by atoms with Crippen LogP contribution in [0.15, 0.2) is 0 Å². The Hall–Kier alpha value is 1.29. The first kappa shape index (κ1) is 18.2. The fourth-order valence-electron chi connectivity index (χ4n) is 1.00. The summed E-state index contributed by atoms with van der Waals surface area (Å²) in [6.07, 6.45) is 0. The predicted octanol–water partition coefficient (Wildman–Crippen LogP) is -3.90. The number of hydrogen-bond donors (Lipinski definition) is 0. The molecule has 0 saturated carbocycles. The van der Waals surface area contributed by atoms with Gasteiger partial charge in [-0.05, 0) is 0 Å². The van der Waals surface area contributed by atoms with E-state index in [0.717, 1.165) is 0 Å². The summed E-state index contributed by atoms with van der Waals surface area (Å²) >= 11 is 2.42. The Bertz CT molecular complexity index is 63.5. The van der Waals surface area contributed by atoms with E-state index < -0.39 is 8.32 Å². The van der Waals surface area contributed by atoms with Gasteiger partial charge in [0.05, 0.1) is 0 Å². The number of halogens is 2. The Labute approximate surface area is 92.0 Å². The Balaban J connectivity index is -0.000000320. The Morgan fingerprint density at radius 1 is 1.00 bits per heavy atom. The molecule has 0 rings (SSSR count). The van der Waals surface area contributed by atoms with Crippen LogP contribution in [-0.4, -0.2) is 24.9 Å². The second kappa shape index (κ2) is 9.38. The van der Waals surface area contributed by atoms with Crippen molar-refractivity contribution >= 4 is 24.9 Å². The van der Waals surface area contributed by atoms with E-state index in [2.05, 4.69) is 37.4 Å².